The fraction of sp³-hybridized carbons (Fsp3) is 0.571. The van der Waals surface area contributed by atoms with Gasteiger partial charge in [-0.1, -0.05) is 38.7 Å². The molecule has 1 aromatic rings. The van der Waals surface area contributed by atoms with E-state index in [9.17, 15) is 8.78 Å². The molecule has 1 atom stereocenters. The highest BCUT2D eigenvalue weighted by Crippen LogP contribution is 2.13. The third-order valence-electron chi connectivity index (χ3n) is 3.11. The summed E-state index contributed by atoms with van der Waals surface area (Å²) in [5.74, 6) is 3.88. The molecule has 0 aliphatic rings. The van der Waals surface area contributed by atoms with E-state index in [4.69, 9.17) is 5.84 Å². The molecule has 0 saturated heterocycles. The second-order valence-corrected chi connectivity index (χ2v) is 4.67. The van der Waals surface area contributed by atoms with E-state index in [1.165, 1.54) is 25.3 Å². The highest BCUT2D eigenvalue weighted by Gasteiger charge is 2.09. The number of nitrogens with one attached hydrogen (secondary N) is 1. The zero-order valence-corrected chi connectivity index (χ0v) is 10.9. The van der Waals surface area contributed by atoms with Gasteiger partial charge in [-0.2, -0.15) is 0 Å². The maximum atomic E-state index is 13.1. The largest absolute Gasteiger partial charge is 0.271 e. The Morgan fingerprint density at radius 1 is 1.17 bits per heavy atom. The fourth-order valence-electron chi connectivity index (χ4n) is 2.01. The number of unbranched alkanes of at least 4 members (excludes halogenated alkanes) is 3. The van der Waals surface area contributed by atoms with Gasteiger partial charge in [-0.25, -0.2) is 8.78 Å². The lowest BCUT2D eigenvalue weighted by Gasteiger charge is -2.15. The van der Waals surface area contributed by atoms with E-state index >= 15 is 0 Å². The number of rotatable bonds is 8. The standard InChI is InChI=1S/C14H22F2N2/c1-2-3-4-5-6-12(18-17)9-11-7-8-13(15)14(16)10-11/h7-8,10,12,18H,2-6,9,17H2,1H3. The third kappa shape index (κ3) is 5.10. The van der Waals surface area contributed by atoms with Crippen molar-refractivity contribution in [3.8, 4) is 0 Å². The number of benzene rings is 1. The summed E-state index contributed by atoms with van der Waals surface area (Å²) in [6, 6.07) is 4.13. The second-order valence-electron chi connectivity index (χ2n) is 4.67. The van der Waals surface area contributed by atoms with Gasteiger partial charge < -0.3 is 0 Å². The van der Waals surface area contributed by atoms with E-state index in [0.29, 0.717) is 6.42 Å². The molecule has 0 heterocycles. The van der Waals surface area contributed by atoms with Crippen LogP contribution >= 0.6 is 0 Å². The third-order valence-corrected chi connectivity index (χ3v) is 3.11. The molecule has 18 heavy (non-hydrogen) atoms. The molecule has 0 saturated carbocycles. The second kappa shape index (κ2) is 8.16. The first-order valence-electron chi connectivity index (χ1n) is 6.57. The quantitative estimate of drug-likeness (QED) is 0.425. The number of hydrogen-bond donors (Lipinski definition) is 2. The molecule has 0 aromatic heterocycles. The molecule has 102 valence electrons. The predicted octanol–water partition coefficient (Wildman–Crippen LogP) is 3.31. The first kappa shape index (κ1) is 15.1. The summed E-state index contributed by atoms with van der Waals surface area (Å²) in [4.78, 5) is 0. The van der Waals surface area contributed by atoms with E-state index in [2.05, 4.69) is 12.3 Å². The van der Waals surface area contributed by atoms with Crippen molar-refractivity contribution in [1.82, 2.24) is 5.43 Å². The van der Waals surface area contributed by atoms with Crippen molar-refractivity contribution in [3.05, 3.63) is 35.4 Å². The molecule has 0 aliphatic carbocycles. The van der Waals surface area contributed by atoms with E-state index in [-0.39, 0.29) is 6.04 Å². The monoisotopic (exact) mass is 256 g/mol. The molecule has 0 fully saturated rings. The van der Waals surface area contributed by atoms with Crippen molar-refractivity contribution in [2.45, 2.75) is 51.5 Å². The molecule has 1 aromatic carbocycles. The zero-order valence-electron chi connectivity index (χ0n) is 10.9. The summed E-state index contributed by atoms with van der Waals surface area (Å²) < 4.78 is 25.8. The van der Waals surface area contributed by atoms with Crippen LogP contribution in [0.3, 0.4) is 0 Å². The fourth-order valence-corrected chi connectivity index (χ4v) is 2.01. The van der Waals surface area contributed by atoms with Crippen LogP contribution in [0, 0.1) is 11.6 Å². The Balaban J connectivity index is 2.44. The molecule has 0 bridgehead atoms. The Kier molecular flexibility index (Phi) is 6.83. The highest BCUT2D eigenvalue weighted by molar-refractivity contribution is 5.18. The van der Waals surface area contributed by atoms with Gasteiger partial charge in [-0.15, -0.1) is 0 Å². The average molecular weight is 256 g/mol. The van der Waals surface area contributed by atoms with Gasteiger partial charge in [0.15, 0.2) is 11.6 Å². The van der Waals surface area contributed by atoms with Gasteiger partial charge in [-0.3, -0.25) is 11.3 Å². The van der Waals surface area contributed by atoms with Crippen LogP contribution < -0.4 is 11.3 Å². The summed E-state index contributed by atoms with van der Waals surface area (Å²) in [6.45, 7) is 2.17. The molecule has 0 amide bonds. The molecule has 1 rings (SSSR count). The van der Waals surface area contributed by atoms with Crippen LogP contribution in [0.15, 0.2) is 18.2 Å². The Morgan fingerprint density at radius 2 is 1.94 bits per heavy atom. The maximum absolute atomic E-state index is 13.1. The Bertz CT molecular complexity index is 356. The molecule has 0 aliphatic heterocycles. The van der Waals surface area contributed by atoms with Crippen molar-refractivity contribution in [1.29, 1.82) is 0 Å². The minimum atomic E-state index is -0.807. The van der Waals surface area contributed by atoms with Gasteiger partial charge in [0, 0.05) is 6.04 Å². The SMILES string of the molecule is CCCCCCC(Cc1ccc(F)c(F)c1)NN. The van der Waals surface area contributed by atoms with Crippen molar-refractivity contribution >= 4 is 0 Å². The van der Waals surface area contributed by atoms with Gasteiger partial charge in [0.05, 0.1) is 0 Å². The first-order chi connectivity index (χ1) is 8.67. The van der Waals surface area contributed by atoms with Gasteiger partial charge >= 0.3 is 0 Å². The lowest BCUT2D eigenvalue weighted by atomic mass is 10.0. The Morgan fingerprint density at radius 3 is 2.56 bits per heavy atom. The van der Waals surface area contributed by atoms with Crippen LogP contribution in [-0.4, -0.2) is 6.04 Å². The summed E-state index contributed by atoms with van der Waals surface area (Å²) in [6.07, 6.45) is 6.29. The topological polar surface area (TPSA) is 38.0 Å². The van der Waals surface area contributed by atoms with Crippen molar-refractivity contribution in [3.63, 3.8) is 0 Å². The number of nitrogens with two attached hydrogens (primary N) is 1. The molecular weight excluding hydrogens is 234 g/mol. The molecule has 0 spiro atoms. The van der Waals surface area contributed by atoms with Crippen LogP contribution in [-0.2, 0) is 6.42 Å². The Labute approximate surface area is 108 Å². The van der Waals surface area contributed by atoms with Crippen LogP contribution in [0.4, 0.5) is 8.78 Å². The minimum absolute atomic E-state index is 0.117. The molecule has 1 unspecified atom stereocenters. The number of hydrazine groups is 1. The maximum Gasteiger partial charge on any atom is 0.159 e. The van der Waals surface area contributed by atoms with Crippen LogP contribution in [0.2, 0.25) is 0 Å². The van der Waals surface area contributed by atoms with Gasteiger partial charge in [0.2, 0.25) is 0 Å². The van der Waals surface area contributed by atoms with Crippen molar-refractivity contribution in [2.24, 2.45) is 5.84 Å². The highest BCUT2D eigenvalue weighted by atomic mass is 19.2. The zero-order chi connectivity index (χ0) is 13.4. The van der Waals surface area contributed by atoms with Crippen molar-refractivity contribution in [2.75, 3.05) is 0 Å². The van der Waals surface area contributed by atoms with E-state index < -0.39 is 11.6 Å². The predicted molar refractivity (Wildman–Crippen MR) is 69.9 cm³/mol. The Hall–Kier alpha value is -1.00. The number of hydrogen-bond acceptors (Lipinski definition) is 2. The van der Waals surface area contributed by atoms with Crippen LogP contribution in [0.5, 0.6) is 0 Å². The molecule has 4 heteroatoms. The average Bonchev–Trinajstić information content (AvgIpc) is 2.37. The summed E-state index contributed by atoms with van der Waals surface area (Å²) in [7, 11) is 0. The van der Waals surface area contributed by atoms with E-state index in [1.807, 2.05) is 0 Å². The smallest absolute Gasteiger partial charge is 0.159 e. The molecule has 2 nitrogen and oxygen atoms in total. The normalized spacial score (nSPS) is 12.7. The minimum Gasteiger partial charge on any atom is -0.271 e. The lowest BCUT2D eigenvalue weighted by molar-refractivity contribution is 0.459. The van der Waals surface area contributed by atoms with Crippen LogP contribution in [0.25, 0.3) is 0 Å². The molecule has 3 N–H and O–H groups in total. The van der Waals surface area contributed by atoms with Gasteiger partial charge in [0.1, 0.15) is 0 Å². The summed E-state index contributed by atoms with van der Waals surface area (Å²) in [5.41, 5.74) is 3.52. The van der Waals surface area contributed by atoms with Crippen LogP contribution in [0.1, 0.15) is 44.6 Å². The first-order valence-corrected chi connectivity index (χ1v) is 6.57. The van der Waals surface area contributed by atoms with Gasteiger partial charge in [-0.05, 0) is 30.5 Å². The van der Waals surface area contributed by atoms with Crippen molar-refractivity contribution < 1.29 is 8.78 Å². The number of halogens is 2. The van der Waals surface area contributed by atoms with Gasteiger partial charge in [0.25, 0.3) is 0 Å². The lowest BCUT2D eigenvalue weighted by Crippen LogP contribution is -2.36. The molecular formula is C14H22F2N2. The van der Waals surface area contributed by atoms with E-state index in [1.54, 1.807) is 6.07 Å². The molecule has 0 radical (unpaired) electrons. The summed E-state index contributed by atoms with van der Waals surface area (Å²) >= 11 is 0. The van der Waals surface area contributed by atoms with E-state index in [0.717, 1.165) is 24.5 Å². The summed E-state index contributed by atoms with van der Waals surface area (Å²) in [5, 5.41) is 0.